The number of fused-ring (bicyclic) bond motifs is 2. The van der Waals surface area contributed by atoms with Crippen LogP contribution in [0.25, 0.3) is 21.8 Å². The van der Waals surface area contributed by atoms with Gasteiger partial charge in [0.25, 0.3) is 0 Å². The van der Waals surface area contributed by atoms with Gasteiger partial charge in [0.05, 0.1) is 17.2 Å². The van der Waals surface area contributed by atoms with E-state index >= 15 is 0 Å². The summed E-state index contributed by atoms with van der Waals surface area (Å²) in [6.07, 6.45) is 9.00. The summed E-state index contributed by atoms with van der Waals surface area (Å²) in [5.74, 6) is 1.22. The fourth-order valence-electron chi connectivity index (χ4n) is 3.76. The van der Waals surface area contributed by atoms with Crippen molar-refractivity contribution in [3.8, 4) is 0 Å². The van der Waals surface area contributed by atoms with Crippen molar-refractivity contribution in [1.82, 2.24) is 24.9 Å². The maximum Gasteiger partial charge on any atom is 0.247 e. The summed E-state index contributed by atoms with van der Waals surface area (Å²) in [5.41, 5.74) is 2.26. The molecule has 1 fully saturated rings. The number of pyridine rings is 1. The smallest absolute Gasteiger partial charge is 0.247 e. The Hall–Kier alpha value is -4.14. The highest BCUT2D eigenvalue weighted by Crippen LogP contribution is 2.28. The van der Waals surface area contributed by atoms with Gasteiger partial charge < -0.3 is 15.5 Å². The zero-order valence-corrected chi connectivity index (χ0v) is 16.7. The molecule has 0 spiro atoms. The third-order valence-corrected chi connectivity index (χ3v) is 5.27. The van der Waals surface area contributed by atoms with Crippen molar-refractivity contribution in [2.45, 2.75) is 12.5 Å². The van der Waals surface area contributed by atoms with Crippen molar-refractivity contribution >= 4 is 45.2 Å². The van der Waals surface area contributed by atoms with Crippen LogP contribution in [0, 0.1) is 0 Å². The molecule has 2 N–H and O–H groups in total. The number of hydrogen-bond acceptors (Lipinski definition) is 8. The van der Waals surface area contributed by atoms with Crippen LogP contribution in [0.5, 0.6) is 0 Å². The average molecular weight is 412 g/mol. The fraction of sp³-hybridized carbons (Fsp3) is 0.182. The largest absolute Gasteiger partial charge is 0.354 e. The minimum atomic E-state index is -0.256. The number of anilines is 3. The first kappa shape index (κ1) is 18.9. The summed E-state index contributed by atoms with van der Waals surface area (Å²) >= 11 is 0. The highest BCUT2D eigenvalue weighted by atomic mass is 16.1. The molecule has 0 bridgehead atoms. The molecule has 1 saturated heterocycles. The zero-order chi connectivity index (χ0) is 21.2. The fourth-order valence-corrected chi connectivity index (χ4v) is 3.76. The molecule has 3 aromatic heterocycles. The molecule has 1 amide bonds. The third kappa shape index (κ3) is 3.85. The SMILES string of the molecule is C=CC(=O)Nc1ccc2c(N3CCC(Nc4ncc5ccncc5n4)C3)ncnc2c1. The molecule has 0 saturated carbocycles. The molecule has 9 nitrogen and oxygen atoms in total. The van der Waals surface area contributed by atoms with E-state index in [1.807, 2.05) is 24.3 Å². The molecule has 1 aliphatic rings. The molecular formula is C22H20N8O. The number of nitrogens with one attached hydrogen (secondary N) is 2. The van der Waals surface area contributed by atoms with Crippen LogP contribution in [-0.4, -0.2) is 50.0 Å². The number of benzene rings is 1. The molecule has 9 heteroatoms. The first-order valence-corrected chi connectivity index (χ1v) is 9.96. The van der Waals surface area contributed by atoms with Crippen molar-refractivity contribution in [3.63, 3.8) is 0 Å². The van der Waals surface area contributed by atoms with Crippen LogP contribution >= 0.6 is 0 Å². The summed E-state index contributed by atoms with van der Waals surface area (Å²) in [5, 5.41) is 8.09. The highest BCUT2D eigenvalue weighted by molar-refractivity contribution is 6.01. The number of rotatable bonds is 5. The summed E-state index contributed by atoms with van der Waals surface area (Å²) in [6, 6.07) is 7.71. The Morgan fingerprint density at radius 3 is 3.00 bits per heavy atom. The van der Waals surface area contributed by atoms with Gasteiger partial charge in [0.1, 0.15) is 12.1 Å². The van der Waals surface area contributed by atoms with Crippen molar-refractivity contribution < 1.29 is 4.79 Å². The molecule has 4 aromatic rings. The lowest BCUT2D eigenvalue weighted by Crippen LogP contribution is -2.27. The molecule has 0 aliphatic carbocycles. The van der Waals surface area contributed by atoms with Crippen molar-refractivity contribution in [3.05, 3.63) is 61.8 Å². The van der Waals surface area contributed by atoms with Crippen LogP contribution in [-0.2, 0) is 4.79 Å². The van der Waals surface area contributed by atoms with Gasteiger partial charge in [-0.25, -0.2) is 19.9 Å². The zero-order valence-electron chi connectivity index (χ0n) is 16.7. The van der Waals surface area contributed by atoms with Gasteiger partial charge in [0, 0.05) is 48.0 Å². The molecule has 1 aliphatic heterocycles. The second-order valence-corrected chi connectivity index (χ2v) is 7.33. The third-order valence-electron chi connectivity index (χ3n) is 5.27. The first-order chi connectivity index (χ1) is 15.2. The summed E-state index contributed by atoms with van der Waals surface area (Å²) in [4.78, 5) is 35.8. The van der Waals surface area contributed by atoms with Crippen molar-refractivity contribution in [1.29, 1.82) is 0 Å². The second-order valence-electron chi connectivity index (χ2n) is 7.33. The van der Waals surface area contributed by atoms with Crippen LogP contribution in [0.1, 0.15) is 6.42 Å². The van der Waals surface area contributed by atoms with Crippen molar-refractivity contribution in [2.24, 2.45) is 0 Å². The van der Waals surface area contributed by atoms with Gasteiger partial charge in [-0.2, -0.15) is 0 Å². The number of nitrogens with zero attached hydrogens (tertiary/aromatic N) is 6. The lowest BCUT2D eigenvalue weighted by atomic mass is 10.2. The molecule has 1 atom stereocenters. The Morgan fingerprint density at radius 2 is 2.10 bits per heavy atom. The topological polar surface area (TPSA) is 109 Å². The normalized spacial score (nSPS) is 15.9. The quantitative estimate of drug-likeness (QED) is 0.482. The maximum absolute atomic E-state index is 11.6. The van der Waals surface area contributed by atoms with E-state index in [1.54, 1.807) is 24.9 Å². The molecule has 1 aromatic carbocycles. The number of amides is 1. The van der Waals surface area contributed by atoms with Crippen LogP contribution in [0.3, 0.4) is 0 Å². The highest BCUT2D eigenvalue weighted by Gasteiger charge is 2.25. The summed E-state index contributed by atoms with van der Waals surface area (Å²) < 4.78 is 0. The predicted octanol–water partition coefficient (Wildman–Crippen LogP) is 2.78. The monoisotopic (exact) mass is 412 g/mol. The molecule has 0 radical (unpaired) electrons. The number of carbonyl (C=O) groups is 1. The Labute approximate surface area is 178 Å². The van der Waals surface area contributed by atoms with E-state index in [-0.39, 0.29) is 11.9 Å². The van der Waals surface area contributed by atoms with Gasteiger partial charge in [-0.1, -0.05) is 6.58 Å². The number of carbonyl (C=O) groups excluding carboxylic acids is 1. The van der Waals surface area contributed by atoms with Gasteiger partial charge in [-0.15, -0.1) is 0 Å². The predicted molar refractivity (Wildman–Crippen MR) is 120 cm³/mol. The first-order valence-electron chi connectivity index (χ1n) is 9.96. The van der Waals surface area contributed by atoms with E-state index < -0.39 is 0 Å². The number of aromatic nitrogens is 5. The standard InChI is InChI=1S/C22H20N8O/c1-2-20(31)27-15-3-4-17-18(9-15)25-13-26-21(17)30-8-6-16(12-30)28-22-24-10-14-5-7-23-11-19(14)29-22/h2-5,7,9-11,13,16H,1,6,8,12H2,(H,27,31)(H,24,28,29). The molecule has 31 heavy (non-hydrogen) atoms. The van der Waals surface area contributed by atoms with Gasteiger partial charge in [-0.3, -0.25) is 9.78 Å². The van der Waals surface area contributed by atoms with E-state index in [9.17, 15) is 4.79 Å². The van der Waals surface area contributed by atoms with Crippen LogP contribution in [0.15, 0.2) is 61.8 Å². The van der Waals surface area contributed by atoms with E-state index in [2.05, 4.69) is 47.0 Å². The molecule has 1 unspecified atom stereocenters. The lowest BCUT2D eigenvalue weighted by molar-refractivity contribution is -0.111. The van der Waals surface area contributed by atoms with E-state index in [1.165, 1.54) is 6.08 Å². The maximum atomic E-state index is 11.6. The van der Waals surface area contributed by atoms with Gasteiger partial charge in [0.15, 0.2) is 0 Å². The van der Waals surface area contributed by atoms with Crippen LogP contribution in [0.4, 0.5) is 17.5 Å². The molecule has 154 valence electrons. The van der Waals surface area contributed by atoms with Crippen molar-refractivity contribution in [2.75, 3.05) is 28.6 Å². The van der Waals surface area contributed by atoms with E-state index in [0.717, 1.165) is 47.1 Å². The van der Waals surface area contributed by atoms with Gasteiger partial charge >= 0.3 is 0 Å². The van der Waals surface area contributed by atoms with Gasteiger partial charge in [0.2, 0.25) is 11.9 Å². The molecular weight excluding hydrogens is 392 g/mol. The minimum absolute atomic E-state index is 0.199. The Bertz CT molecular complexity index is 1290. The average Bonchev–Trinajstić information content (AvgIpc) is 3.26. The number of hydrogen-bond donors (Lipinski definition) is 2. The molecule has 4 heterocycles. The Balaban J connectivity index is 1.33. The van der Waals surface area contributed by atoms with E-state index in [4.69, 9.17) is 0 Å². The molecule has 5 rings (SSSR count). The van der Waals surface area contributed by atoms with E-state index in [0.29, 0.717) is 11.6 Å². The van der Waals surface area contributed by atoms with Gasteiger partial charge in [-0.05, 0) is 36.8 Å². The van der Waals surface area contributed by atoms with Crippen LogP contribution < -0.4 is 15.5 Å². The lowest BCUT2D eigenvalue weighted by Gasteiger charge is -2.19. The summed E-state index contributed by atoms with van der Waals surface area (Å²) in [7, 11) is 0. The summed E-state index contributed by atoms with van der Waals surface area (Å²) in [6.45, 7) is 5.10. The Morgan fingerprint density at radius 1 is 1.16 bits per heavy atom. The second kappa shape index (κ2) is 7.94. The Kier molecular flexibility index (Phi) is 4.83. The minimum Gasteiger partial charge on any atom is -0.354 e. The van der Waals surface area contributed by atoms with Crippen LogP contribution in [0.2, 0.25) is 0 Å².